The average Bonchev–Trinajstić information content (AvgIpc) is 3.08. The molecule has 0 saturated heterocycles. The van der Waals surface area contributed by atoms with E-state index in [9.17, 15) is 0 Å². The second-order valence-corrected chi connectivity index (χ2v) is 14.1. The van der Waals surface area contributed by atoms with Gasteiger partial charge in [0.1, 0.15) is 0 Å². The Bertz CT molecular complexity index is 1060. The molecule has 2 heterocycles. The Morgan fingerprint density at radius 3 is 1.14 bits per heavy atom. The van der Waals surface area contributed by atoms with Gasteiger partial charge in [0.25, 0.3) is 0 Å². The maximum atomic E-state index is 3.99. The summed E-state index contributed by atoms with van der Waals surface area (Å²) < 4.78 is 2.73. The number of hydrogen-bond acceptors (Lipinski definition) is 0. The van der Waals surface area contributed by atoms with E-state index in [1.54, 1.807) is 10.6 Å². The number of rotatable bonds is 3. The molecule has 0 bridgehead atoms. The van der Waals surface area contributed by atoms with Gasteiger partial charge >= 0.3 is 0 Å². The summed E-state index contributed by atoms with van der Waals surface area (Å²) in [5, 5.41) is 5.93. The molecule has 2 atom stereocenters. The van der Waals surface area contributed by atoms with Crippen molar-refractivity contribution < 1.29 is 0 Å². The third-order valence-electron chi connectivity index (χ3n) is 5.55. The Balaban J connectivity index is 2.13. The molecule has 0 spiro atoms. The number of hydrogen-bond donors (Lipinski definition) is 0. The molecule has 0 aliphatic rings. The lowest BCUT2D eigenvalue weighted by atomic mass is 10.1. The molecule has 142 valence electrons. The van der Waals surface area contributed by atoms with Gasteiger partial charge in [0.2, 0.25) is 0 Å². The van der Waals surface area contributed by atoms with Gasteiger partial charge in [-0.25, -0.2) is 0 Å². The van der Waals surface area contributed by atoms with Crippen molar-refractivity contribution in [3.63, 3.8) is 0 Å². The van der Waals surface area contributed by atoms with Crippen LogP contribution in [0.25, 0.3) is 21.2 Å². The highest BCUT2D eigenvalue weighted by Crippen LogP contribution is 2.67. The zero-order chi connectivity index (χ0) is 20.0. The topological polar surface area (TPSA) is 0 Å². The number of halogens is 2. The summed E-state index contributed by atoms with van der Waals surface area (Å²) in [4.78, 5) is 0. The van der Waals surface area contributed by atoms with Crippen LogP contribution in [0.1, 0.15) is 22.3 Å². The van der Waals surface area contributed by atoms with E-state index in [1.807, 2.05) is 0 Å². The van der Waals surface area contributed by atoms with E-state index in [-0.39, 0.29) is 0 Å². The summed E-state index contributed by atoms with van der Waals surface area (Å²) in [5.41, 5.74) is 5.67. The Kier molecular flexibility index (Phi) is 5.78. The van der Waals surface area contributed by atoms with Crippen molar-refractivity contribution in [2.24, 2.45) is 0 Å². The lowest BCUT2D eigenvalue weighted by molar-refractivity contribution is 1.37. The Hall–Kier alpha value is -1.04. The van der Waals surface area contributed by atoms with Gasteiger partial charge in [0.15, 0.2) is 0 Å². The minimum atomic E-state index is -0.550. The van der Waals surface area contributed by atoms with Crippen LogP contribution in [0.4, 0.5) is 0 Å². The van der Waals surface area contributed by atoms with Crippen LogP contribution < -0.4 is 0 Å². The second-order valence-electron chi connectivity index (χ2n) is 7.12. The van der Waals surface area contributed by atoms with Gasteiger partial charge in [-0.2, -0.15) is 0 Å². The zero-order valence-corrected chi connectivity index (χ0v) is 21.4. The molecular weight excluding hydrogens is 510 g/mol. The average molecular weight is 532 g/mol. The first-order valence-electron chi connectivity index (χ1n) is 9.29. The van der Waals surface area contributed by atoms with Gasteiger partial charge in [-0.05, 0) is 92.4 Å². The summed E-state index contributed by atoms with van der Waals surface area (Å²) in [6.07, 6.45) is 0. The van der Waals surface area contributed by atoms with Gasteiger partial charge in [-0.15, -0.1) is 0 Å². The molecule has 0 amide bonds. The van der Waals surface area contributed by atoms with E-state index >= 15 is 0 Å². The maximum absolute atomic E-state index is 3.99. The highest BCUT2D eigenvalue weighted by atomic mass is 79.9. The lowest BCUT2D eigenvalue weighted by Gasteiger charge is -2.13. The summed E-state index contributed by atoms with van der Waals surface area (Å²) in [6, 6.07) is 22.0. The largest absolute Gasteiger partial charge is 0.0697 e. The van der Waals surface area contributed by atoms with Gasteiger partial charge in [-0.1, -0.05) is 75.7 Å². The molecule has 2 unspecified atom stereocenters. The van der Waals surface area contributed by atoms with Crippen molar-refractivity contribution in [1.29, 1.82) is 0 Å². The smallest absolute Gasteiger partial charge is 0.0450 e. The molecule has 2 aromatic heterocycles. The molecule has 4 rings (SSSR count). The molecular formula is C24H22Br2P2. The standard InChI is InChI=1S/C24H22Br2P2/c1-15-17(3)23(25)27(19-11-7-5-8-12-19)21(15)22-16(2)18(4)24(26)28(22)20-13-9-6-10-14-20/h5-14H,1-4H3. The molecule has 0 aliphatic heterocycles. The molecule has 0 saturated carbocycles. The van der Waals surface area contributed by atoms with Gasteiger partial charge in [0, 0.05) is 19.0 Å². The second kappa shape index (κ2) is 8.00. The lowest BCUT2D eigenvalue weighted by Crippen LogP contribution is -1.81. The van der Waals surface area contributed by atoms with Crippen molar-refractivity contribution in [2.75, 3.05) is 0 Å². The van der Waals surface area contributed by atoms with E-state index in [1.165, 1.54) is 41.3 Å². The fraction of sp³-hybridized carbons (Fsp3) is 0.167. The van der Waals surface area contributed by atoms with E-state index < -0.39 is 15.1 Å². The molecule has 4 aromatic rings. The maximum Gasteiger partial charge on any atom is 0.0450 e. The predicted octanol–water partition coefficient (Wildman–Crippen LogP) is 10.1. The van der Waals surface area contributed by atoms with E-state index in [4.69, 9.17) is 0 Å². The minimum Gasteiger partial charge on any atom is -0.0697 e. The van der Waals surface area contributed by atoms with Crippen molar-refractivity contribution in [3.8, 4) is 21.2 Å². The van der Waals surface area contributed by atoms with Crippen molar-refractivity contribution >= 4 is 46.9 Å². The summed E-state index contributed by atoms with van der Waals surface area (Å²) >= 11 is 7.97. The normalized spacial score (nSPS) is 12.5. The van der Waals surface area contributed by atoms with Crippen LogP contribution >= 0.6 is 46.9 Å². The minimum absolute atomic E-state index is 0.550. The van der Waals surface area contributed by atoms with E-state index in [2.05, 4.69) is 120 Å². The summed E-state index contributed by atoms with van der Waals surface area (Å²) in [5.74, 6) is 0. The third kappa shape index (κ3) is 3.20. The van der Waals surface area contributed by atoms with Crippen LogP contribution in [0, 0.1) is 27.7 Å². The first-order valence-corrected chi connectivity index (χ1v) is 13.6. The molecule has 2 aromatic carbocycles. The fourth-order valence-corrected chi connectivity index (χ4v) is 12.3. The quantitative estimate of drug-likeness (QED) is 0.246. The number of benzene rings is 2. The SMILES string of the molecule is Cc1c(C)c(-c2c(C)c(C)c(Br)p2-c2ccccc2)p(-c2ccccc2)c1Br. The van der Waals surface area contributed by atoms with Crippen LogP contribution in [0.15, 0.2) is 69.1 Å². The van der Waals surface area contributed by atoms with Crippen LogP contribution in [-0.4, -0.2) is 0 Å². The summed E-state index contributed by atoms with van der Waals surface area (Å²) in [7, 11) is -1.10. The van der Waals surface area contributed by atoms with Crippen molar-refractivity contribution in [1.82, 2.24) is 0 Å². The Morgan fingerprint density at radius 1 is 0.500 bits per heavy atom. The van der Waals surface area contributed by atoms with Gasteiger partial charge < -0.3 is 0 Å². The van der Waals surface area contributed by atoms with Gasteiger partial charge in [0.05, 0.1) is 0 Å². The van der Waals surface area contributed by atoms with E-state index in [0.29, 0.717) is 0 Å². The highest BCUT2D eigenvalue weighted by molar-refractivity contribution is 9.11. The first-order chi connectivity index (χ1) is 13.4. The van der Waals surface area contributed by atoms with Crippen molar-refractivity contribution in [3.05, 3.63) is 91.3 Å². The fourth-order valence-electron chi connectivity index (χ4n) is 3.74. The third-order valence-corrected chi connectivity index (χ3v) is 14.1. The van der Waals surface area contributed by atoms with Crippen LogP contribution in [0.3, 0.4) is 0 Å². The first kappa shape index (κ1) is 20.2. The van der Waals surface area contributed by atoms with Crippen LogP contribution in [0.2, 0.25) is 0 Å². The summed E-state index contributed by atoms with van der Waals surface area (Å²) in [6.45, 7) is 9.13. The molecule has 28 heavy (non-hydrogen) atoms. The highest BCUT2D eigenvalue weighted by Gasteiger charge is 2.27. The van der Waals surface area contributed by atoms with Crippen molar-refractivity contribution in [2.45, 2.75) is 27.7 Å². The Labute approximate surface area is 186 Å². The Morgan fingerprint density at radius 2 is 0.821 bits per heavy atom. The van der Waals surface area contributed by atoms with E-state index in [0.717, 1.165) is 0 Å². The molecule has 0 fully saturated rings. The molecule has 0 radical (unpaired) electrons. The monoisotopic (exact) mass is 530 g/mol. The molecule has 0 aliphatic carbocycles. The van der Waals surface area contributed by atoms with Gasteiger partial charge in [-0.3, -0.25) is 0 Å². The van der Waals surface area contributed by atoms with Crippen LogP contribution in [0.5, 0.6) is 0 Å². The predicted molar refractivity (Wildman–Crippen MR) is 134 cm³/mol. The molecule has 0 N–H and O–H groups in total. The molecule has 0 nitrogen and oxygen atoms in total. The zero-order valence-electron chi connectivity index (χ0n) is 16.4. The molecule has 4 heteroatoms. The van der Waals surface area contributed by atoms with Crippen LogP contribution in [-0.2, 0) is 0 Å².